The molecule has 3 heterocycles. The lowest BCUT2D eigenvalue weighted by atomic mass is 10.2. The minimum absolute atomic E-state index is 0. The summed E-state index contributed by atoms with van der Waals surface area (Å²) in [5.74, 6) is 0.0762. The number of fused-ring (bicyclic) bond motifs is 1. The molecule has 7 nitrogen and oxygen atoms in total. The van der Waals surface area contributed by atoms with Gasteiger partial charge in [-0.2, -0.15) is 0 Å². The number of pyridine rings is 1. The first-order valence-corrected chi connectivity index (χ1v) is 7.20. The Labute approximate surface area is 134 Å². The van der Waals surface area contributed by atoms with Gasteiger partial charge in [-0.25, -0.2) is 9.48 Å². The van der Waals surface area contributed by atoms with Crippen molar-refractivity contribution in [2.45, 2.75) is 25.9 Å². The SMILES string of the molecule is CC1CN(C(=O)CCn2nc3ccccn3c2=O)CCN1.Cl. The Kier molecular flexibility index (Phi) is 5.20. The Morgan fingerprint density at radius 2 is 2.27 bits per heavy atom. The van der Waals surface area contributed by atoms with Gasteiger partial charge in [0.25, 0.3) is 0 Å². The number of amides is 1. The third kappa shape index (κ3) is 3.31. The van der Waals surface area contributed by atoms with Gasteiger partial charge in [0.1, 0.15) is 0 Å². The molecule has 1 unspecified atom stereocenters. The summed E-state index contributed by atoms with van der Waals surface area (Å²) in [6.07, 6.45) is 1.98. The van der Waals surface area contributed by atoms with E-state index in [0.717, 1.165) is 19.6 Å². The second kappa shape index (κ2) is 6.93. The molecule has 0 aromatic carbocycles. The maximum absolute atomic E-state index is 12.2. The first-order valence-electron chi connectivity index (χ1n) is 7.20. The maximum atomic E-state index is 12.2. The average molecular weight is 326 g/mol. The molecule has 0 aliphatic carbocycles. The van der Waals surface area contributed by atoms with Crippen LogP contribution in [0.25, 0.3) is 5.65 Å². The number of piperazine rings is 1. The third-order valence-corrected chi connectivity index (χ3v) is 3.75. The fraction of sp³-hybridized carbons (Fsp3) is 0.500. The lowest BCUT2D eigenvalue weighted by Crippen LogP contribution is -2.51. The van der Waals surface area contributed by atoms with E-state index in [0.29, 0.717) is 24.7 Å². The molecule has 2 aromatic rings. The summed E-state index contributed by atoms with van der Waals surface area (Å²) in [7, 11) is 0. The van der Waals surface area contributed by atoms with Crippen LogP contribution in [0.4, 0.5) is 0 Å². The molecule has 22 heavy (non-hydrogen) atoms. The number of aromatic nitrogens is 3. The lowest BCUT2D eigenvalue weighted by Gasteiger charge is -2.31. The Morgan fingerprint density at radius 3 is 3.00 bits per heavy atom. The van der Waals surface area contributed by atoms with Crippen LogP contribution in [-0.2, 0) is 11.3 Å². The summed E-state index contributed by atoms with van der Waals surface area (Å²) in [6, 6.07) is 5.71. The molecular weight excluding hydrogens is 306 g/mol. The summed E-state index contributed by atoms with van der Waals surface area (Å²) in [4.78, 5) is 26.1. The van der Waals surface area contributed by atoms with E-state index in [1.165, 1.54) is 9.08 Å². The van der Waals surface area contributed by atoms with Crippen molar-refractivity contribution in [2.24, 2.45) is 0 Å². The Hall–Kier alpha value is -1.86. The number of aryl methyl sites for hydroxylation is 1. The van der Waals surface area contributed by atoms with Crippen molar-refractivity contribution in [1.82, 2.24) is 24.4 Å². The second-order valence-corrected chi connectivity index (χ2v) is 5.38. The molecule has 1 amide bonds. The zero-order chi connectivity index (χ0) is 14.8. The Bertz CT molecular complexity index is 711. The van der Waals surface area contributed by atoms with Crippen LogP contribution in [0.2, 0.25) is 0 Å². The van der Waals surface area contributed by atoms with Crippen molar-refractivity contribution < 1.29 is 4.79 Å². The molecule has 2 aromatic heterocycles. The molecule has 8 heteroatoms. The number of hydrogen-bond acceptors (Lipinski definition) is 4. The van der Waals surface area contributed by atoms with Crippen LogP contribution in [-0.4, -0.2) is 50.7 Å². The molecule has 0 saturated carbocycles. The van der Waals surface area contributed by atoms with Gasteiger partial charge in [-0.05, 0) is 19.1 Å². The highest BCUT2D eigenvalue weighted by molar-refractivity contribution is 5.85. The number of carbonyl (C=O) groups excluding carboxylic acids is 1. The first kappa shape index (κ1) is 16.5. The van der Waals surface area contributed by atoms with Gasteiger partial charge in [0.15, 0.2) is 5.65 Å². The first-order chi connectivity index (χ1) is 10.1. The van der Waals surface area contributed by atoms with Gasteiger partial charge >= 0.3 is 5.69 Å². The lowest BCUT2D eigenvalue weighted by molar-refractivity contribution is -0.132. The smallest absolute Gasteiger partial charge is 0.340 e. The standard InChI is InChI=1S/C14H19N5O2.ClH/c1-11-10-17(9-6-15-11)13(20)5-8-19-14(21)18-7-3-2-4-12(18)16-19;/h2-4,7,11,15H,5-6,8-10H2,1H3;1H. The highest BCUT2D eigenvalue weighted by Crippen LogP contribution is 2.03. The minimum Gasteiger partial charge on any atom is -0.340 e. The van der Waals surface area contributed by atoms with Gasteiger partial charge in [-0.3, -0.25) is 9.20 Å². The zero-order valence-corrected chi connectivity index (χ0v) is 13.3. The second-order valence-electron chi connectivity index (χ2n) is 5.38. The van der Waals surface area contributed by atoms with E-state index in [-0.39, 0.29) is 24.0 Å². The van der Waals surface area contributed by atoms with E-state index in [9.17, 15) is 9.59 Å². The van der Waals surface area contributed by atoms with E-state index < -0.39 is 0 Å². The van der Waals surface area contributed by atoms with Crippen LogP contribution in [0.3, 0.4) is 0 Å². The van der Waals surface area contributed by atoms with Crippen LogP contribution in [0.15, 0.2) is 29.2 Å². The summed E-state index contributed by atoms with van der Waals surface area (Å²) < 4.78 is 2.84. The zero-order valence-electron chi connectivity index (χ0n) is 12.4. The molecule has 0 radical (unpaired) electrons. The molecule has 120 valence electrons. The summed E-state index contributed by atoms with van der Waals surface area (Å²) in [5, 5.41) is 7.53. The van der Waals surface area contributed by atoms with Gasteiger partial charge in [-0.1, -0.05) is 6.07 Å². The molecule has 1 aliphatic rings. The Morgan fingerprint density at radius 1 is 1.45 bits per heavy atom. The highest BCUT2D eigenvalue weighted by Gasteiger charge is 2.20. The van der Waals surface area contributed by atoms with Crippen LogP contribution in [0.5, 0.6) is 0 Å². The average Bonchev–Trinajstić information content (AvgIpc) is 2.82. The predicted molar refractivity (Wildman–Crippen MR) is 85.4 cm³/mol. The molecular formula is C14H20ClN5O2. The van der Waals surface area contributed by atoms with Crippen molar-refractivity contribution in [3.63, 3.8) is 0 Å². The molecule has 1 atom stereocenters. The highest BCUT2D eigenvalue weighted by atomic mass is 35.5. The molecule has 1 aliphatic heterocycles. The number of carbonyl (C=O) groups is 1. The number of hydrogen-bond donors (Lipinski definition) is 1. The maximum Gasteiger partial charge on any atom is 0.350 e. The van der Waals surface area contributed by atoms with E-state index in [1.54, 1.807) is 18.3 Å². The monoisotopic (exact) mass is 325 g/mol. The van der Waals surface area contributed by atoms with E-state index >= 15 is 0 Å². The molecule has 0 spiro atoms. The van der Waals surface area contributed by atoms with Gasteiger partial charge in [-0.15, -0.1) is 17.5 Å². The fourth-order valence-electron chi connectivity index (χ4n) is 2.63. The van der Waals surface area contributed by atoms with Crippen molar-refractivity contribution in [1.29, 1.82) is 0 Å². The minimum atomic E-state index is -0.202. The number of rotatable bonds is 3. The van der Waals surface area contributed by atoms with E-state index in [1.807, 2.05) is 11.0 Å². The van der Waals surface area contributed by atoms with Crippen LogP contribution < -0.4 is 11.0 Å². The summed E-state index contributed by atoms with van der Waals surface area (Å²) in [6.45, 7) is 4.65. The molecule has 1 saturated heterocycles. The van der Waals surface area contributed by atoms with Crippen LogP contribution in [0.1, 0.15) is 13.3 Å². The van der Waals surface area contributed by atoms with Gasteiger partial charge in [0.2, 0.25) is 5.91 Å². The number of nitrogens with zero attached hydrogens (tertiary/aromatic N) is 4. The Balaban J connectivity index is 0.00000176. The molecule has 3 rings (SSSR count). The predicted octanol–water partition coefficient (Wildman–Crippen LogP) is 0.128. The topological polar surface area (TPSA) is 71.6 Å². The van der Waals surface area contributed by atoms with E-state index in [4.69, 9.17) is 0 Å². The number of nitrogens with one attached hydrogen (secondary N) is 1. The van der Waals surface area contributed by atoms with Gasteiger partial charge in [0, 0.05) is 38.3 Å². The molecule has 0 bridgehead atoms. The fourth-order valence-corrected chi connectivity index (χ4v) is 2.63. The number of halogens is 1. The molecule has 1 N–H and O–H groups in total. The van der Waals surface area contributed by atoms with E-state index in [2.05, 4.69) is 17.3 Å². The quantitative estimate of drug-likeness (QED) is 0.870. The largest absolute Gasteiger partial charge is 0.350 e. The van der Waals surface area contributed by atoms with Crippen molar-refractivity contribution >= 4 is 24.0 Å². The van der Waals surface area contributed by atoms with Crippen molar-refractivity contribution in [3.8, 4) is 0 Å². The van der Waals surface area contributed by atoms with Crippen molar-refractivity contribution in [3.05, 3.63) is 34.9 Å². The molecule has 1 fully saturated rings. The van der Waals surface area contributed by atoms with Crippen LogP contribution in [0, 0.1) is 0 Å². The summed E-state index contributed by atoms with van der Waals surface area (Å²) in [5.41, 5.74) is 0.401. The normalized spacial score (nSPS) is 18.2. The van der Waals surface area contributed by atoms with Gasteiger partial charge in [0.05, 0.1) is 6.54 Å². The van der Waals surface area contributed by atoms with Crippen molar-refractivity contribution in [2.75, 3.05) is 19.6 Å². The summed E-state index contributed by atoms with van der Waals surface area (Å²) >= 11 is 0. The third-order valence-electron chi connectivity index (χ3n) is 3.75. The van der Waals surface area contributed by atoms with Gasteiger partial charge < -0.3 is 10.2 Å². The van der Waals surface area contributed by atoms with Crippen LogP contribution >= 0.6 is 12.4 Å².